The lowest BCUT2D eigenvalue weighted by atomic mass is 10.5. The van der Waals surface area contributed by atoms with E-state index < -0.39 is 54.2 Å². The van der Waals surface area contributed by atoms with Crippen molar-refractivity contribution in [2.24, 2.45) is 0 Å². The van der Waals surface area contributed by atoms with Crippen LogP contribution in [0.2, 0.25) is 0 Å². The molecular formula is C6H13NO9S3. The van der Waals surface area contributed by atoms with Gasteiger partial charge in [-0.2, -0.15) is 8.42 Å². The molecule has 0 radical (unpaired) electrons. The van der Waals surface area contributed by atoms with E-state index in [0.717, 1.165) is 0 Å². The van der Waals surface area contributed by atoms with Gasteiger partial charge >= 0.3 is 5.97 Å². The number of carbonyl (C=O) groups is 1. The predicted molar refractivity (Wildman–Crippen MR) is 63.8 cm³/mol. The van der Waals surface area contributed by atoms with Crippen LogP contribution in [0.4, 0.5) is 0 Å². The number of ether oxygens (including phenoxy) is 1. The van der Waals surface area contributed by atoms with Crippen LogP contribution in [0.3, 0.4) is 0 Å². The molecule has 10 nitrogen and oxygen atoms in total. The number of sulfonamides is 2. The van der Waals surface area contributed by atoms with Gasteiger partial charge in [-0.3, -0.25) is 9.35 Å². The predicted octanol–water partition coefficient (Wildman–Crippen LogP) is -2.31. The second kappa shape index (κ2) is 6.60. The molecule has 114 valence electrons. The van der Waals surface area contributed by atoms with Gasteiger partial charge in [0.15, 0.2) is 5.75 Å². The molecule has 0 aliphatic heterocycles. The molecule has 0 saturated heterocycles. The molecule has 2 N–H and O–H groups in total. The Morgan fingerprint density at radius 2 is 1.68 bits per heavy atom. The van der Waals surface area contributed by atoms with Crippen LogP contribution in [0.15, 0.2) is 0 Å². The van der Waals surface area contributed by atoms with Gasteiger partial charge in [0.2, 0.25) is 20.0 Å². The summed E-state index contributed by atoms with van der Waals surface area (Å²) >= 11 is 0. The summed E-state index contributed by atoms with van der Waals surface area (Å²) in [5.41, 5.74) is 0. The molecule has 19 heavy (non-hydrogen) atoms. The van der Waals surface area contributed by atoms with Crippen molar-refractivity contribution in [2.75, 3.05) is 24.4 Å². The maximum absolute atomic E-state index is 11.2. The van der Waals surface area contributed by atoms with Crippen molar-refractivity contribution in [3.63, 3.8) is 0 Å². The Kier molecular flexibility index (Phi) is 6.34. The van der Waals surface area contributed by atoms with Crippen LogP contribution in [0.1, 0.15) is 6.42 Å². The molecule has 0 aliphatic rings. The quantitative estimate of drug-likeness (QED) is 0.281. The molecule has 0 rings (SSSR count). The minimum absolute atomic E-state index is 0.234. The second-order valence-corrected chi connectivity index (χ2v) is 8.78. The average Bonchev–Trinajstić information content (AvgIpc) is 2.05. The second-order valence-electron chi connectivity index (χ2n) is 3.47. The molecule has 0 aromatic rings. The third-order valence-electron chi connectivity index (χ3n) is 1.40. The summed E-state index contributed by atoms with van der Waals surface area (Å²) in [6, 6.07) is 0. The van der Waals surface area contributed by atoms with E-state index in [1.807, 2.05) is 0 Å². The Morgan fingerprint density at radius 3 is 2.11 bits per heavy atom. The van der Waals surface area contributed by atoms with E-state index in [-0.39, 0.29) is 6.42 Å². The van der Waals surface area contributed by atoms with Crippen molar-refractivity contribution in [1.29, 1.82) is 0 Å². The van der Waals surface area contributed by atoms with E-state index in [0.29, 0.717) is 6.26 Å². The smallest absolute Gasteiger partial charge is 0.323 e. The van der Waals surface area contributed by atoms with E-state index in [4.69, 9.17) is 4.55 Å². The minimum atomic E-state index is -4.50. The van der Waals surface area contributed by atoms with E-state index in [2.05, 4.69) is 4.74 Å². The van der Waals surface area contributed by atoms with Crippen molar-refractivity contribution in [3.05, 3.63) is 0 Å². The van der Waals surface area contributed by atoms with Crippen LogP contribution in [-0.4, -0.2) is 60.1 Å². The fourth-order valence-electron chi connectivity index (χ4n) is 0.898. The third kappa shape index (κ3) is 12.0. The highest BCUT2D eigenvalue weighted by Crippen LogP contribution is 1.94. The Hall–Kier alpha value is -0.760. The Bertz CT molecular complexity index is 615. The van der Waals surface area contributed by atoms with Gasteiger partial charge in [-0.1, -0.05) is 0 Å². The van der Waals surface area contributed by atoms with Crippen LogP contribution < -0.4 is 4.13 Å². The molecule has 0 fully saturated rings. The lowest BCUT2D eigenvalue weighted by Crippen LogP contribution is -2.32. The minimum Gasteiger partial charge on any atom is -0.465 e. The highest BCUT2D eigenvalue weighted by molar-refractivity contribution is 8.04. The molecule has 0 unspecified atom stereocenters. The summed E-state index contributed by atoms with van der Waals surface area (Å²) in [7, 11) is -12.5. The van der Waals surface area contributed by atoms with Gasteiger partial charge in [0, 0.05) is 0 Å². The fraction of sp³-hybridized carbons (Fsp3) is 0.833. The van der Waals surface area contributed by atoms with Gasteiger partial charge < -0.3 is 4.74 Å². The zero-order valence-electron chi connectivity index (χ0n) is 9.77. The van der Waals surface area contributed by atoms with Gasteiger partial charge in [-0.25, -0.2) is 16.8 Å². The number of hydrogen-bond donors (Lipinski definition) is 2. The summed E-state index contributed by atoms with van der Waals surface area (Å²) in [6.45, 7) is -0.432. The first-order valence-electron chi connectivity index (χ1n) is 4.63. The Balaban J connectivity index is 4.09. The normalized spacial score (nSPS) is 13.2. The first-order valence-corrected chi connectivity index (χ1v) is 9.78. The van der Waals surface area contributed by atoms with E-state index in [1.165, 1.54) is 4.13 Å². The molecule has 13 heteroatoms. The maximum atomic E-state index is 11.2. The summed E-state index contributed by atoms with van der Waals surface area (Å²) < 4.78 is 78.2. The Labute approximate surface area is 111 Å². The molecule has 0 saturated carbocycles. The van der Waals surface area contributed by atoms with E-state index in [9.17, 15) is 30.0 Å². The van der Waals surface area contributed by atoms with Crippen molar-refractivity contribution in [2.45, 2.75) is 6.42 Å². The topological polar surface area (TPSA) is 161 Å². The van der Waals surface area contributed by atoms with Gasteiger partial charge in [-0.05, 0) is 6.42 Å². The number of hydrogen-bond acceptors (Lipinski definition) is 8. The SMILES string of the molecule is CS(=O)(=O)NS(=O)(=O)CCCOC(=O)CS(=O)(=O)O. The van der Waals surface area contributed by atoms with Crippen molar-refractivity contribution in [1.82, 2.24) is 4.13 Å². The third-order valence-corrected chi connectivity index (χ3v) is 5.05. The molecular weight excluding hydrogens is 326 g/mol. The average molecular weight is 339 g/mol. The Morgan fingerprint density at radius 1 is 1.16 bits per heavy atom. The van der Waals surface area contributed by atoms with Gasteiger partial charge in [-0.15, -0.1) is 4.13 Å². The van der Waals surface area contributed by atoms with E-state index >= 15 is 0 Å². The molecule has 0 spiro atoms. The zero-order chi connectivity index (χ0) is 15.3. The summed E-state index contributed by atoms with van der Waals surface area (Å²) in [5.74, 6) is -3.10. The zero-order valence-corrected chi connectivity index (χ0v) is 12.2. The van der Waals surface area contributed by atoms with Crippen LogP contribution in [0.5, 0.6) is 0 Å². The molecule has 0 heterocycles. The van der Waals surface area contributed by atoms with Gasteiger partial charge in [0.05, 0.1) is 18.6 Å². The molecule has 0 atom stereocenters. The number of carbonyl (C=O) groups excluding carboxylic acids is 1. The van der Waals surface area contributed by atoms with Crippen LogP contribution in [0, 0.1) is 0 Å². The van der Waals surface area contributed by atoms with E-state index in [1.54, 1.807) is 0 Å². The summed E-state index contributed by atoms with van der Waals surface area (Å²) in [4.78, 5) is 10.8. The van der Waals surface area contributed by atoms with Gasteiger partial charge in [0.25, 0.3) is 10.1 Å². The summed E-state index contributed by atoms with van der Waals surface area (Å²) in [6.07, 6.45) is 0.429. The molecule has 0 bridgehead atoms. The highest BCUT2D eigenvalue weighted by Gasteiger charge is 2.17. The molecule has 0 aromatic carbocycles. The lowest BCUT2D eigenvalue weighted by molar-refractivity contribution is -0.140. The number of nitrogens with one attached hydrogen (secondary N) is 1. The molecule has 0 aliphatic carbocycles. The first kappa shape index (κ1) is 18.2. The first-order chi connectivity index (χ1) is 8.31. The number of rotatable bonds is 8. The van der Waals surface area contributed by atoms with Crippen molar-refractivity contribution >= 4 is 36.1 Å². The highest BCUT2D eigenvalue weighted by atomic mass is 32.3. The van der Waals surface area contributed by atoms with Gasteiger partial charge in [0.1, 0.15) is 0 Å². The van der Waals surface area contributed by atoms with Crippen LogP contribution >= 0.6 is 0 Å². The standard InChI is InChI=1S/C6H13NO9S3/c1-17(9,10)7-18(11,12)4-2-3-16-6(8)5-19(13,14)15/h7H,2-5H2,1H3,(H,13,14,15). The molecule has 0 amide bonds. The largest absolute Gasteiger partial charge is 0.465 e. The lowest BCUT2D eigenvalue weighted by Gasteiger charge is -2.05. The van der Waals surface area contributed by atoms with Crippen molar-refractivity contribution in [3.8, 4) is 0 Å². The van der Waals surface area contributed by atoms with Crippen LogP contribution in [0.25, 0.3) is 0 Å². The van der Waals surface area contributed by atoms with Crippen LogP contribution in [-0.2, 0) is 39.7 Å². The maximum Gasteiger partial charge on any atom is 0.323 e. The van der Waals surface area contributed by atoms with Crippen molar-refractivity contribution < 1.29 is 39.3 Å². The fourth-order valence-corrected chi connectivity index (χ4v) is 3.96. The number of esters is 1. The monoisotopic (exact) mass is 339 g/mol. The summed E-state index contributed by atoms with van der Waals surface area (Å²) in [5, 5.41) is 0. The molecule has 0 aromatic heterocycles.